The van der Waals surface area contributed by atoms with E-state index in [0.717, 1.165) is 4.90 Å². The van der Waals surface area contributed by atoms with Crippen molar-refractivity contribution in [2.75, 3.05) is 19.0 Å². The van der Waals surface area contributed by atoms with Gasteiger partial charge in [-0.15, -0.1) is 0 Å². The van der Waals surface area contributed by atoms with E-state index in [-0.39, 0.29) is 17.7 Å². The summed E-state index contributed by atoms with van der Waals surface area (Å²) in [6.45, 7) is 5.89. The lowest BCUT2D eigenvalue weighted by Gasteiger charge is -2.45. The van der Waals surface area contributed by atoms with Crippen LogP contribution in [0, 0.1) is 11.7 Å². The molecule has 2 atom stereocenters. The molecule has 1 saturated heterocycles. The third-order valence-electron chi connectivity index (χ3n) is 5.70. The number of ether oxygens (including phenoxy) is 2. The number of benzene rings is 2. The van der Waals surface area contributed by atoms with Crippen LogP contribution in [0.15, 0.2) is 58.0 Å². The maximum Gasteiger partial charge on any atom is 0.423 e. The van der Waals surface area contributed by atoms with Gasteiger partial charge in [0.25, 0.3) is 5.91 Å². The molecule has 2 aromatic rings. The van der Waals surface area contributed by atoms with Gasteiger partial charge in [-0.3, -0.25) is 4.79 Å². The number of imide groups is 1. The topological polar surface area (TPSA) is 68.2 Å². The van der Waals surface area contributed by atoms with Gasteiger partial charge < -0.3 is 9.47 Å². The molecular weight excluding hydrogens is 523 g/mol. The molecule has 2 aliphatic heterocycles. The molecular formula is C25H26BrFN2O4S. The zero-order valence-corrected chi connectivity index (χ0v) is 21.6. The van der Waals surface area contributed by atoms with Crippen molar-refractivity contribution < 1.29 is 23.5 Å². The largest absolute Gasteiger partial charge is 0.443 e. The fourth-order valence-corrected chi connectivity index (χ4v) is 5.77. The molecule has 4 rings (SSSR count). The van der Waals surface area contributed by atoms with Crippen LogP contribution in [0.25, 0.3) is 0 Å². The summed E-state index contributed by atoms with van der Waals surface area (Å²) in [4.78, 5) is 32.7. The summed E-state index contributed by atoms with van der Waals surface area (Å²) in [5.74, 6) is -0.436. The minimum atomic E-state index is -1.07. The Hall–Kier alpha value is -2.23. The maximum atomic E-state index is 15.1. The summed E-state index contributed by atoms with van der Waals surface area (Å²) in [6.07, 6.45) is -0.137. The van der Waals surface area contributed by atoms with Crippen LogP contribution in [0.5, 0.6) is 0 Å². The van der Waals surface area contributed by atoms with Crippen LogP contribution in [0.2, 0.25) is 0 Å². The first-order valence-corrected chi connectivity index (χ1v) is 12.8. The lowest BCUT2D eigenvalue weighted by molar-refractivity contribution is 0.00189. The summed E-state index contributed by atoms with van der Waals surface area (Å²) < 4.78 is 27.2. The zero-order chi connectivity index (χ0) is 24.5. The van der Waals surface area contributed by atoms with Crippen LogP contribution in [0.3, 0.4) is 0 Å². The van der Waals surface area contributed by atoms with Crippen molar-refractivity contribution in [3.63, 3.8) is 0 Å². The van der Waals surface area contributed by atoms with E-state index in [9.17, 15) is 9.59 Å². The van der Waals surface area contributed by atoms with Gasteiger partial charge in [-0.2, -0.15) is 4.90 Å². The number of carbonyl (C=O) groups is 2. The third-order valence-corrected chi connectivity index (χ3v) is 7.30. The van der Waals surface area contributed by atoms with E-state index in [1.54, 1.807) is 63.2 Å². The molecule has 9 heteroatoms. The lowest BCUT2D eigenvalue weighted by Crippen LogP contribution is -2.51. The molecule has 6 nitrogen and oxygen atoms in total. The Kier molecular flexibility index (Phi) is 7.17. The van der Waals surface area contributed by atoms with E-state index in [0.29, 0.717) is 34.4 Å². The number of amides is 2. The molecule has 0 unspecified atom stereocenters. The molecule has 0 spiro atoms. The first-order chi connectivity index (χ1) is 16.1. The van der Waals surface area contributed by atoms with Crippen LogP contribution in [0.4, 0.5) is 9.18 Å². The second-order valence-corrected chi connectivity index (χ2v) is 11.2. The number of nitrogens with zero attached hydrogens (tertiary/aromatic N) is 2. The van der Waals surface area contributed by atoms with Gasteiger partial charge in [-0.25, -0.2) is 14.2 Å². The number of rotatable bonds is 2. The first-order valence-electron chi connectivity index (χ1n) is 11.0. The number of fused-ring (bicyclic) bond motifs is 1. The lowest BCUT2D eigenvalue weighted by atomic mass is 9.76. The zero-order valence-electron chi connectivity index (χ0n) is 19.2. The van der Waals surface area contributed by atoms with Gasteiger partial charge in [0.05, 0.1) is 6.61 Å². The van der Waals surface area contributed by atoms with Crippen molar-refractivity contribution in [3.8, 4) is 0 Å². The van der Waals surface area contributed by atoms with Crippen LogP contribution >= 0.6 is 27.7 Å². The average molecular weight is 549 g/mol. The molecule has 2 aliphatic rings. The van der Waals surface area contributed by atoms with E-state index in [2.05, 4.69) is 15.9 Å². The van der Waals surface area contributed by atoms with Crippen molar-refractivity contribution in [1.29, 1.82) is 0 Å². The number of aliphatic imine (C=N–C) groups is 1. The number of hydrogen-bond acceptors (Lipinski definition) is 6. The highest BCUT2D eigenvalue weighted by Gasteiger charge is 2.49. The maximum absolute atomic E-state index is 15.1. The van der Waals surface area contributed by atoms with Gasteiger partial charge in [0.15, 0.2) is 5.17 Å². The monoisotopic (exact) mass is 548 g/mol. The van der Waals surface area contributed by atoms with Gasteiger partial charge in [-0.05, 0) is 57.5 Å². The van der Waals surface area contributed by atoms with E-state index in [1.807, 2.05) is 0 Å². The SMILES string of the molecule is CC(C)(C)OC(=O)N(C(=O)c1ccccc1)C1=N[C@@]2(c3cc(Br)ccc3F)COCC[C@H]2CS1. The first kappa shape index (κ1) is 24.9. The minimum absolute atomic E-state index is 0.0221. The van der Waals surface area contributed by atoms with E-state index in [4.69, 9.17) is 14.5 Å². The Labute approximate surface area is 211 Å². The van der Waals surface area contributed by atoms with Gasteiger partial charge in [0.1, 0.15) is 17.0 Å². The minimum Gasteiger partial charge on any atom is -0.443 e. The van der Waals surface area contributed by atoms with Crippen LogP contribution in [-0.4, -0.2) is 46.6 Å². The number of amidine groups is 1. The number of halogens is 2. The molecule has 2 aromatic carbocycles. The van der Waals surface area contributed by atoms with Gasteiger partial charge >= 0.3 is 6.09 Å². The molecule has 2 amide bonds. The molecule has 0 aliphatic carbocycles. The smallest absolute Gasteiger partial charge is 0.423 e. The fraction of sp³-hybridized carbons (Fsp3) is 0.400. The van der Waals surface area contributed by atoms with Crippen molar-refractivity contribution in [1.82, 2.24) is 4.90 Å². The van der Waals surface area contributed by atoms with E-state index < -0.39 is 29.0 Å². The van der Waals surface area contributed by atoms with Gasteiger partial charge in [0, 0.05) is 33.9 Å². The van der Waals surface area contributed by atoms with Crippen molar-refractivity contribution in [2.45, 2.75) is 38.3 Å². The standard InChI is InChI=1S/C25H26BrFN2O4S/c1-24(2,3)33-23(31)29(21(30)16-7-5-4-6-8-16)22-28-25(15-32-12-11-17(25)14-34-22)19-13-18(26)9-10-20(19)27/h4-10,13,17H,11-12,14-15H2,1-3H3/t17-,25-/m0/s1. The second-order valence-electron chi connectivity index (χ2n) is 9.28. The average Bonchev–Trinajstić information content (AvgIpc) is 2.80. The highest BCUT2D eigenvalue weighted by molar-refractivity contribution is 9.10. The number of hydrogen-bond donors (Lipinski definition) is 0. The molecule has 0 N–H and O–H groups in total. The van der Waals surface area contributed by atoms with Crippen LogP contribution in [0.1, 0.15) is 43.1 Å². The fourth-order valence-electron chi connectivity index (χ4n) is 4.10. The van der Waals surface area contributed by atoms with Crippen LogP contribution in [-0.2, 0) is 15.0 Å². The molecule has 1 fully saturated rings. The molecule has 2 heterocycles. The number of carbonyl (C=O) groups excluding carboxylic acids is 2. The van der Waals surface area contributed by atoms with Crippen LogP contribution < -0.4 is 0 Å². The summed E-state index contributed by atoms with van der Waals surface area (Å²) in [5.41, 5.74) is -1.19. The summed E-state index contributed by atoms with van der Waals surface area (Å²) in [5, 5.41) is 0.171. The molecule has 34 heavy (non-hydrogen) atoms. The Morgan fingerprint density at radius 2 is 1.97 bits per heavy atom. The Morgan fingerprint density at radius 3 is 2.68 bits per heavy atom. The van der Waals surface area contributed by atoms with Crippen molar-refractivity contribution in [2.24, 2.45) is 10.9 Å². The van der Waals surface area contributed by atoms with E-state index >= 15 is 4.39 Å². The second kappa shape index (κ2) is 9.79. The van der Waals surface area contributed by atoms with Gasteiger partial charge in [0.2, 0.25) is 0 Å². The summed E-state index contributed by atoms with van der Waals surface area (Å²) in [7, 11) is 0. The Balaban J connectivity index is 1.85. The predicted molar refractivity (Wildman–Crippen MR) is 133 cm³/mol. The summed E-state index contributed by atoms with van der Waals surface area (Å²) in [6, 6.07) is 13.2. The molecule has 180 valence electrons. The third kappa shape index (κ3) is 5.06. The predicted octanol–water partition coefficient (Wildman–Crippen LogP) is 6.00. The van der Waals surface area contributed by atoms with E-state index in [1.165, 1.54) is 17.8 Å². The Bertz CT molecular complexity index is 1120. The molecule has 0 aromatic heterocycles. The molecule has 0 radical (unpaired) electrons. The summed E-state index contributed by atoms with van der Waals surface area (Å²) >= 11 is 4.73. The quantitative estimate of drug-likeness (QED) is 0.460. The highest BCUT2D eigenvalue weighted by atomic mass is 79.9. The molecule has 0 saturated carbocycles. The van der Waals surface area contributed by atoms with Crippen molar-refractivity contribution in [3.05, 3.63) is 69.9 Å². The van der Waals surface area contributed by atoms with Gasteiger partial charge in [-0.1, -0.05) is 45.9 Å². The highest BCUT2D eigenvalue weighted by Crippen LogP contribution is 2.47. The van der Waals surface area contributed by atoms with Crippen molar-refractivity contribution >= 4 is 44.9 Å². The number of thioether (sulfide) groups is 1. The molecule has 0 bridgehead atoms. The normalized spacial score (nSPS) is 22.4. The Morgan fingerprint density at radius 1 is 1.24 bits per heavy atom.